The minimum Gasteiger partial charge on any atom is -0.253 e. The number of aromatic nitrogens is 1. The Morgan fingerprint density at radius 2 is 1.78 bits per heavy atom. The molecule has 0 saturated carbocycles. The second-order valence-corrected chi connectivity index (χ2v) is 4.22. The highest BCUT2D eigenvalue weighted by Crippen LogP contribution is 2.35. The Morgan fingerprint density at radius 3 is 2.33 bits per heavy atom. The predicted octanol–water partition coefficient (Wildman–Crippen LogP) is 4.38. The van der Waals surface area contributed by atoms with E-state index in [0.717, 1.165) is 11.6 Å². The van der Waals surface area contributed by atoms with Crippen molar-refractivity contribution in [2.45, 2.75) is 32.9 Å². The van der Waals surface area contributed by atoms with Crippen LogP contribution in [0.3, 0.4) is 0 Å². The van der Waals surface area contributed by atoms with E-state index in [9.17, 15) is 13.2 Å². The number of hydrogen-bond donors (Lipinski definition) is 0. The summed E-state index contributed by atoms with van der Waals surface area (Å²) < 4.78 is 39.1. The van der Waals surface area contributed by atoms with Gasteiger partial charge in [0.15, 0.2) is 0 Å². The maximum atomic E-state index is 13.0. The summed E-state index contributed by atoms with van der Waals surface area (Å²) in [6.07, 6.45) is -3.13. The third-order valence-corrected chi connectivity index (χ3v) is 3.00. The van der Waals surface area contributed by atoms with Gasteiger partial charge in [-0.15, -0.1) is 0 Å². The number of benzene rings is 1. The number of halogens is 3. The van der Waals surface area contributed by atoms with E-state index < -0.39 is 11.7 Å². The van der Waals surface area contributed by atoms with Crippen molar-refractivity contribution in [1.29, 1.82) is 0 Å². The zero-order chi connectivity index (χ0) is 13.3. The fourth-order valence-electron chi connectivity index (χ4n) is 1.96. The largest absolute Gasteiger partial charge is 0.417 e. The van der Waals surface area contributed by atoms with Gasteiger partial charge in [-0.3, -0.25) is 4.98 Å². The fourth-order valence-corrected chi connectivity index (χ4v) is 1.96. The van der Waals surface area contributed by atoms with Gasteiger partial charge in [0.05, 0.1) is 11.1 Å². The summed E-state index contributed by atoms with van der Waals surface area (Å²) in [6, 6.07) is 6.24. The van der Waals surface area contributed by atoms with E-state index in [0.29, 0.717) is 24.1 Å². The molecule has 0 saturated heterocycles. The Hall–Kier alpha value is -1.58. The summed E-state index contributed by atoms with van der Waals surface area (Å²) in [6.45, 7) is 3.72. The minimum atomic E-state index is -4.34. The molecular weight excluding hydrogens is 239 g/mol. The van der Waals surface area contributed by atoms with Gasteiger partial charge >= 0.3 is 6.18 Å². The van der Waals surface area contributed by atoms with Gasteiger partial charge in [-0.25, -0.2) is 0 Å². The van der Waals surface area contributed by atoms with Gasteiger partial charge in [0.25, 0.3) is 0 Å². The standard InChI is InChI=1S/C14H14F3N/c1-3-9-5-6-13-11(7-9)12(14(15,16)17)8-10(4-2)18-13/h5-8H,3-4H2,1-2H3. The van der Waals surface area contributed by atoms with E-state index in [1.165, 1.54) is 0 Å². The molecule has 1 aromatic heterocycles. The van der Waals surface area contributed by atoms with Gasteiger partial charge < -0.3 is 0 Å². The topological polar surface area (TPSA) is 12.9 Å². The Bertz CT molecular complexity index is 573. The lowest BCUT2D eigenvalue weighted by Crippen LogP contribution is -2.08. The lowest BCUT2D eigenvalue weighted by Gasteiger charge is -2.12. The molecule has 4 heteroatoms. The molecule has 1 aromatic carbocycles. The monoisotopic (exact) mass is 253 g/mol. The van der Waals surface area contributed by atoms with Gasteiger partial charge in [0, 0.05) is 11.1 Å². The highest BCUT2D eigenvalue weighted by Gasteiger charge is 2.33. The van der Waals surface area contributed by atoms with Crippen LogP contribution in [0.5, 0.6) is 0 Å². The third-order valence-electron chi connectivity index (χ3n) is 3.00. The molecule has 0 fully saturated rings. The van der Waals surface area contributed by atoms with Crippen LogP contribution in [0.2, 0.25) is 0 Å². The summed E-state index contributed by atoms with van der Waals surface area (Å²) in [4.78, 5) is 4.24. The molecule has 0 aliphatic rings. The van der Waals surface area contributed by atoms with Crippen LogP contribution in [0.15, 0.2) is 24.3 Å². The number of rotatable bonds is 2. The average molecular weight is 253 g/mol. The molecule has 18 heavy (non-hydrogen) atoms. The van der Waals surface area contributed by atoms with Crippen LogP contribution >= 0.6 is 0 Å². The van der Waals surface area contributed by atoms with Crippen LogP contribution < -0.4 is 0 Å². The molecule has 2 rings (SSSR count). The molecule has 0 spiro atoms. The average Bonchev–Trinajstić information content (AvgIpc) is 2.35. The van der Waals surface area contributed by atoms with Gasteiger partial charge in [-0.1, -0.05) is 19.9 Å². The van der Waals surface area contributed by atoms with Crippen molar-refractivity contribution >= 4 is 10.9 Å². The first-order chi connectivity index (χ1) is 8.45. The molecule has 0 atom stereocenters. The molecule has 0 bridgehead atoms. The second kappa shape index (κ2) is 4.59. The van der Waals surface area contributed by atoms with Gasteiger partial charge in [-0.05, 0) is 36.6 Å². The highest BCUT2D eigenvalue weighted by molar-refractivity contribution is 5.83. The number of aryl methyl sites for hydroxylation is 2. The molecule has 96 valence electrons. The Kier molecular flexibility index (Phi) is 3.28. The number of pyridine rings is 1. The van der Waals surface area contributed by atoms with E-state index in [1.54, 1.807) is 19.1 Å². The minimum absolute atomic E-state index is 0.194. The van der Waals surface area contributed by atoms with Crippen molar-refractivity contribution in [2.75, 3.05) is 0 Å². The first-order valence-electron chi connectivity index (χ1n) is 5.95. The van der Waals surface area contributed by atoms with Crippen molar-refractivity contribution in [3.63, 3.8) is 0 Å². The lowest BCUT2D eigenvalue weighted by atomic mass is 10.0. The lowest BCUT2D eigenvalue weighted by molar-refractivity contribution is -0.136. The van der Waals surface area contributed by atoms with E-state index in [-0.39, 0.29) is 5.39 Å². The molecule has 0 N–H and O–H groups in total. The molecule has 1 nitrogen and oxygen atoms in total. The number of alkyl halides is 3. The molecule has 2 aromatic rings. The van der Waals surface area contributed by atoms with Gasteiger partial charge in [-0.2, -0.15) is 13.2 Å². The molecule has 1 heterocycles. The van der Waals surface area contributed by atoms with E-state index in [4.69, 9.17) is 0 Å². The highest BCUT2D eigenvalue weighted by atomic mass is 19.4. The van der Waals surface area contributed by atoms with E-state index in [1.807, 2.05) is 13.0 Å². The summed E-state index contributed by atoms with van der Waals surface area (Å²) in [5, 5.41) is 0.194. The van der Waals surface area contributed by atoms with Crippen molar-refractivity contribution in [3.05, 3.63) is 41.1 Å². The predicted molar refractivity (Wildman–Crippen MR) is 65.5 cm³/mol. The molecule has 0 amide bonds. The van der Waals surface area contributed by atoms with Crippen LogP contribution in [-0.2, 0) is 19.0 Å². The first-order valence-corrected chi connectivity index (χ1v) is 5.95. The maximum Gasteiger partial charge on any atom is 0.417 e. The van der Waals surface area contributed by atoms with Gasteiger partial charge in [0.1, 0.15) is 0 Å². The van der Waals surface area contributed by atoms with Crippen molar-refractivity contribution in [3.8, 4) is 0 Å². The van der Waals surface area contributed by atoms with E-state index in [2.05, 4.69) is 4.98 Å². The first kappa shape index (κ1) is 12.9. The van der Waals surface area contributed by atoms with Gasteiger partial charge in [0.2, 0.25) is 0 Å². The van der Waals surface area contributed by atoms with Crippen molar-refractivity contribution in [2.24, 2.45) is 0 Å². The summed E-state index contributed by atoms with van der Waals surface area (Å²) in [5.41, 5.74) is 1.19. The van der Waals surface area contributed by atoms with Crippen LogP contribution in [-0.4, -0.2) is 4.98 Å². The third kappa shape index (κ3) is 2.33. The molecular formula is C14H14F3N. The molecule has 0 aliphatic carbocycles. The molecule has 0 unspecified atom stereocenters. The fraction of sp³-hybridized carbons (Fsp3) is 0.357. The van der Waals surface area contributed by atoms with Crippen LogP contribution in [0.25, 0.3) is 10.9 Å². The van der Waals surface area contributed by atoms with Crippen LogP contribution in [0.4, 0.5) is 13.2 Å². The summed E-state index contributed by atoms with van der Waals surface area (Å²) >= 11 is 0. The molecule has 0 radical (unpaired) electrons. The smallest absolute Gasteiger partial charge is 0.253 e. The number of hydrogen-bond acceptors (Lipinski definition) is 1. The zero-order valence-electron chi connectivity index (χ0n) is 10.3. The van der Waals surface area contributed by atoms with Crippen LogP contribution in [0.1, 0.15) is 30.7 Å². The Balaban J connectivity index is 2.78. The van der Waals surface area contributed by atoms with Crippen molar-refractivity contribution in [1.82, 2.24) is 4.98 Å². The molecule has 0 aliphatic heterocycles. The number of nitrogens with zero attached hydrogens (tertiary/aromatic N) is 1. The number of fused-ring (bicyclic) bond motifs is 1. The SMILES string of the molecule is CCc1ccc2nc(CC)cc(C(F)(F)F)c2c1. The van der Waals surface area contributed by atoms with E-state index >= 15 is 0 Å². The second-order valence-electron chi connectivity index (χ2n) is 4.22. The Labute approximate surface area is 104 Å². The Morgan fingerprint density at radius 1 is 1.06 bits per heavy atom. The summed E-state index contributed by atoms with van der Waals surface area (Å²) in [7, 11) is 0. The van der Waals surface area contributed by atoms with Crippen LogP contribution in [0, 0.1) is 0 Å². The quantitative estimate of drug-likeness (QED) is 0.774. The normalized spacial score (nSPS) is 12.1. The maximum absolute atomic E-state index is 13.0. The summed E-state index contributed by atoms with van der Waals surface area (Å²) in [5.74, 6) is 0. The van der Waals surface area contributed by atoms with Crippen molar-refractivity contribution < 1.29 is 13.2 Å². The zero-order valence-corrected chi connectivity index (χ0v) is 10.3.